The first kappa shape index (κ1) is 31.6. The first-order valence-electron chi connectivity index (χ1n) is 14.5. The number of nitrogens with one attached hydrogen (secondary N) is 2. The van der Waals surface area contributed by atoms with Gasteiger partial charge in [0.05, 0.1) is 17.1 Å². The van der Waals surface area contributed by atoms with E-state index in [4.69, 9.17) is 26.3 Å². The van der Waals surface area contributed by atoms with Gasteiger partial charge in [-0.1, -0.05) is 39.3 Å². The first-order chi connectivity index (χ1) is 19.2. The topological polar surface area (TPSA) is 106 Å². The lowest BCUT2D eigenvalue weighted by atomic mass is 9.74. The number of carbonyl (C=O) groups excluding carboxylic acids is 1. The highest BCUT2D eigenvalue weighted by atomic mass is 35.5. The van der Waals surface area contributed by atoms with Gasteiger partial charge in [0.25, 0.3) is 0 Å². The van der Waals surface area contributed by atoms with Gasteiger partial charge in [-0.2, -0.15) is 5.26 Å². The number of aliphatic imine (C=N–C) groups is 2. The van der Waals surface area contributed by atoms with Crippen LogP contribution in [-0.2, 0) is 9.53 Å². The van der Waals surface area contributed by atoms with Crippen LogP contribution in [0, 0.1) is 49.9 Å². The van der Waals surface area contributed by atoms with E-state index in [0.717, 1.165) is 44.7 Å². The lowest BCUT2D eigenvalue weighted by Crippen LogP contribution is -2.34. The first-order valence-corrected chi connectivity index (χ1v) is 14.9. The summed E-state index contributed by atoms with van der Waals surface area (Å²) in [6.45, 7) is 24.0. The van der Waals surface area contributed by atoms with Crippen molar-refractivity contribution >= 4 is 40.6 Å². The van der Waals surface area contributed by atoms with Gasteiger partial charge in [0.2, 0.25) is 0 Å². The predicted molar refractivity (Wildman–Crippen MR) is 171 cm³/mol. The van der Waals surface area contributed by atoms with Gasteiger partial charge in [0.15, 0.2) is 0 Å². The molecule has 2 N–H and O–H groups in total. The number of H-pyrrole nitrogens is 2. The maximum atomic E-state index is 13.9. The van der Waals surface area contributed by atoms with E-state index in [9.17, 15) is 10.1 Å². The fraction of sp³-hybridized carbons (Fsp3) is 0.529. The Kier molecular flexibility index (Phi) is 7.83. The average Bonchev–Trinajstić information content (AvgIpc) is 3.46. The Morgan fingerprint density at radius 3 is 2.14 bits per heavy atom. The Morgan fingerprint density at radius 1 is 0.976 bits per heavy atom. The highest BCUT2D eigenvalue weighted by molar-refractivity contribution is 6.41. The van der Waals surface area contributed by atoms with Crippen molar-refractivity contribution in [3.05, 3.63) is 55.6 Å². The summed E-state index contributed by atoms with van der Waals surface area (Å²) in [6, 6.07) is 2.40. The van der Waals surface area contributed by atoms with Gasteiger partial charge in [-0.25, -0.2) is 4.79 Å². The molecule has 4 heterocycles. The minimum absolute atomic E-state index is 0.288. The molecule has 0 aliphatic carbocycles. The van der Waals surface area contributed by atoms with Crippen LogP contribution in [-0.4, -0.2) is 38.5 Å². The lowest BCUT2D eigenvalue weighted by molar-refractivity contribution is -0.147. The molecular weight excluding hydrogens is 546 g/mol. The van der Waals surface area contributed by atoms with Crippen molar-refractivity contribution in [3.8, 4) is 6.07 Å². The van der Waals surface area contributed by atoms with Gasteiger partial charge in [0, 0.05) is 39.7 Å². The summed E-state index contributed by atoms with van der Waals surface area (Å²) >= 11 is 6.36. The Morgan fingerprint density at radius 2 is 1.62 bits per heavy atom. The molecule has 2 aliphatic rings. The third-order valence-corrected chi connectivity index (χ3v) is 9.34. The van der Waals surface area contributed by atoms with Crippen LogP contribution in [0.15, 0.2) is 21.8 Å². The summed E-state index contributed by atoms with van der Waals surface area (Å²) in [6.07, 6.45) is 5.28. The summed E-state index contributed by atoms with van der Waals surface area (Å²) in [4.78, 5) is 30.5. The molecule has 0 saturated carbocycles. The maximum absolute atomic E-state index is 13.9. The summed E-state index contributed by atoms with van der Waals surface area (Å²) < 4.78 is 5.94. The van der Waals surface area contributed by atoms with Crippen molar-refractivity contribution in [2.45, 2.75) is 107 Å². The van der Waals surface area contributed by atoms with Gasteiger partial charge in [-0.15, -0.1) is 0 Å². The standard InChI is InChI=1S/C34H44ClN5O2/c1-18-20(3)28(38-23(18)14-24-19(2)21(4)29(35)39-24)27(30(41)42-31(5,6)7)25-16-32(8,9)26(37-25)13-22-15-33(10,11)34(12,17-36)40-22/h13-14,38-39H,15-16H2,1-12H3/b23-14-,26-13-,28-27-. The molecule has 4 rings (SSSR count). The second-order valence-electron chi connectivity index (χ2n) is 14.3. The van der Waals surface area contributed by atoms with Gasteiger partial charge in [-0.05, 0) is 96.2 Å². The molecule has 0 amide bonds. The number of rotatable bonds is 4. The van der Waals surface area contributed by atoms with Crippen LogP contribution in [0.2, 0.25) is 5.15 Å². The number of aromatic amines is 2. The van der Waals surface area contributed by atoms with Crippen molar-refractivity contribution in [3.63, 3.8) is 0 Å². The van der Waals surface area contributed by atoms with E-state index >= 15 is 0 Å². The van der Waals surface area contributed by atoms with Gasteiger partial charge < -0.3 is 14.7 Å². The molecule has 2 aromatic rings. The third kappa shape index (κ3) is 5.66. The van der Waals surface area contributed by atoms with E-state index in [-0.39, 0.29) is 10.8 Å². The molecule has 2 aromatic heterocycles. The third-order valence-electron chi connectivity index (χ3n) is 8.96. The van der Waals surface area contributed by atoms with Crippen molar-refractivity contribution in [1.82, 2.24) is 9.97 Å². The molecule has 7 nitrogen and oxygen atoms in total. The quantitative estimate of drug-likeness (QED) is 0.400. The number of allylic oxidation sites excluding steroid dienone is 2. The molecule has 1 atom stereocenters. The average molecular weight is 590 g/mol. The van der Waals surface area contributed by atoms with Crippen LogP contribution in [0.5, 0.6) is 0 Å². The van der Waals surface area contributed by atoms with Crippen LogP contribution >= 0.6 is 11.6 Å². The Balaban J connectivity index is 1.94. The molecule has 1 unspecified atom stereocenters. The number of ether oxygens (including phenoxy) is 1. The number of esters is 1. The predicted octanol–water partition coefficient (Wildman–Crippen LogP) is 6.46. The molecule has 0 aromatic carbocycles. The van der Waals surface area contributed by atoms with E-state index in [1.165, 1.54) is 0 Å². The van der Waals surface area contributed by atoms with Crippen LogP contribution in [0.4, 0.5) is 0 Å². The fourth-order valence-electron chi connectivity index (χ4n) is 5.50. The number of nitriles is 1. The highest BCUT2D eigenvalue weighted by Crippen LogP contribution is 2.45. The van der Waals surface area contributed by atoms with Crippen molar-refractivity contribution < 1.29 is 9.53 Å². The van der Waals surface area contributed by atoms with Gasteiger partial charge in [0.1, 0.15) is 21.9 Å². The number of halogens is 1. The zero-order valence-corrected chi connectivity index (χ0v) is 27.9. The molecule has 8 heteroatoms. The monoisotopic (exact) mass is 589 g/mol. The van der Waals surface area contributed by atoms with Crippen molar-refractivity contribution in [2.24, 2.45) is 20.8 Å². The normalized spacial score (nSPS) is 23.6. The van der Waals surface area contributed by atoms with E-state index < -0.39 is 17.1 Å². The molecular formula is C34H44ClN5O2. The highest BCUT2D eigenvalue weighted by Gasteiger charge is 2.47. The van der Waals surface area contributed by atoms with E-state index in [1.807, 2.05) is 67.5 Å². The summed E-state index contributed by atoms with van der Waals surface area (Å²) in [5.41, 5.74) is 5.69. The molecule has 42 heavy (non-hydrogen) atoms. The molecule has 224 valence electrons. The SMILES string of the molecule is Cc1c(Cl)[nH]c(/C=c2\[nH]/c(=C(\C(=O)OC(C)(C)C)C3=N/C(=C\C4=NC(C)(C#N)C(C)(C)C4)C(C)(C)C3)c(C)c2C)c1C. The number of hydrogen-bond donors (Lipinski definition) is 2. The van der Waals surface area contributed by atoms with Crippen molar-refractivity contribution in [2.75, 3.05) is 0 Å². The van der Waals surface area contributed by atoms with Gasteiger partial charge in [-0.3, -0.25) is 9.98 Å². The van der Waals surface area contributed by atoms with Crippen molar-refractivity contribution in [1.29, 1.82) is 5.26 Å². The van der Waals surface area contributed by atoms with Crippen LogP contribution < -0.4 is 10.7 Å². The molecule has 0 bridgehead atoms. The smallest absolute Gasteiger partial charge is 0.342 e. The Bertz CT molecular complexity index is 1730. The maximum Gasteiger partial charge on any atom is 0.342 e. The van der Waals surface area contributed by atoms with E-state index in [2.05, 4.69) is 43.7 Å². The minimum atomic E-state index is -0.797. The summed E-state index contributed by atoms with van der Waals surface area (Å²) in [5.74, 6) is -0.416. The Hall–Kier alpha value is -3.37. The fourth-order valence-corrected chi connectivity index (χ4v) is 5.74. The number of aromatic nitrogens is 2. The second-order valence-corrected chi connectivity index (χ2v) is 14.7. The van der Waals surface area contributed by atoms with E-state index in [0.29, 0.717) is 34.6 Å². The zero-order valence-electron chi connectivity index (χ0n) is 27.1. The molecule has 2 aliphatic heterocycles. The van der Waals surface area contributed by atoms with Crippen LogP contribution in [0.1, 0.15) is 96.2 Å². The largest absolute Gasteiger partial charge is 0.456 e. The number of nitrogens with zero attached hydrogens (tertiary/aromatic N) is 3. The second kappa shape index (κ2) is 10.4. The summed E-state index contributed by atoms with van der Waals surface area (Å²) in [7, 11) is 0. The molecule has 0 radical (unpaired) electrons. The number of carbonyl (C=O) groups is 1. The Labute approximate surface area is 254 Å². The minimum Gasteiger partial charge on any atom is -0.456 e. The molecule has 0 spiro atoms. The van der Waals surface area contributed by atoms with E-state index in [1.54, 1.807) is 0 Å². The van der Waals surface area contributed by atoms with Crippen LogP contribution in [0.3, 0.4) is 0 Å². The summed E-state index contributed by atoms with van der Waals surface area (Å²) in [5, 5.41) is 12.0. The van der Waals surface area contributed by atoms with Crippen LogP contribution in [0.25, 0.3) is 11.6 Å². The molecule has 0 fully saturated rings. The number of hydrogen-bond acceptors (Lipinski definition) is 5. The molecule has 0 saturated heterocycles. The zero-order chi connectivity index (χ0) is 31.6. The lowest BCUT2D eigenvalue weighted by Gasteiger charge is -2.29. The van der Waals surface area contributed by atoms with Gasteiger partial charge >= 0.3 is 5.97 Å².